The van der Waals surface area contributed by atoms with Gasteiger partial charge in [-0.05, 0) is 47.3 Å². The predicted octanol–water partition coefficient (Wildman–Crippen LogP) is 2.07. The molecule has 1 unspecified atom stereocenters. The molecule has 0 spiro atoms. The monoisotopic (exact) mass is 328 g/mol. The first-order valence-corrected chi connectivity index (χ1v) is 6.86. The van der Waals surface area contributed by atoms with E-state index < -0.39 is 23.7 Å². The Balaban J connectivity index is 2.34. The standard InChI is InChI=1S/C13H14BrFN2O2/c14-8-4-3-5-9(15)11(8)13(19)17-7-2-1-6-10(17)12(16)18/h3-5,10H,1-2,6-7H2,(H2,16,18). The van der Waals surface area contributed by atoms with Crippen LogP contribution in [-0.2, 0) is 4.79 Å². The van der Waals surface area contributed by atoms with Crippen molar-refractivity contribution in [3.8, 4) is 0 Å². The highest BCUT2D eigenvalue weighted by molar-refractivity contribution is 9.10. The van der Waals surface area contributed by atoms with Crippen LogP contribution in [0.3, 0.4) is 0 Å². The third kappa shape index (κ3) is 2.78. The van der Waals surface area contributed by atoms with E-state index in [0.29, 0.717) is 17.4 Å². The number of nitrogens with two attached hydrogens (primary N) is 1. The summed E-state index contributed by atoms with van der Waals surface area (Å²) in [4.78, 5) is 25.2. The maximum atomic E-state index is 13.8. The maximum absolute atomic E-state index is 13.8. The van der Waals surface area contributed by atoms with Gasteiger partial charge in [0.15, 0.2) is 0 Å². The second-order valence-corrected chi connectivity index (χ2v) is 5.36. The Kier molecular flexibility index (Phi) is 4.19. The van der Waals surface area contributed by atoms with Crippen molar-refractivity contribution < 1.29 is 14.0 Å². The molecule has 1 fully saturated rings. The minimum Gasteiger partial charge on any atom is -0.368 e. The Hall–Kier alpha value is -1.43. The zero-order valence-electron chi connectivity index (χ0n) is 10.2. The van der Waals surface area contributed by atoms with Crippen LogP contribution in [0, 0.1) is 5.82 Å². The Bertz CT molecular complexity index is 501. The van der Waals surface area contributed by atoms with Gasteiger partial charge in [0.25, 0.3) is 5.91 Å². The van der Waals surface area contributed by atoms with Crippen molar-refractivity contribution >= 4 is 27.7 Å². The molecule has 1 aromatic carbocycles. The number of rotatable bonds is 2. The summed E-state index contributed by atoms with van der Waals surface area (Å²) in [6, 6.07) is 3.69. The molecule has 1 aromatic rings. The van der Waals surface area contributed by atoms with Crippen LogP contribution in [0.25, 0.3) is 0 Å². The van der Waals surface area contributed by atoms with Crippen molar-refractivity contribution in [3.63, 3.8) is 0 Å². The van der Waals surface area contributed by atoms with Crippen LogP contribution >= 0.6 is 15.9 Å². The number of likely N-dealkylation sites (tertiary alicyclic amines) is 1. The number of piperidine rings is 1. The number of carbonyl (C=O) groups excluding carboxylic acids is 2. The average molecular weight is 329 g/mol. The van der Waals surface area contributed by atoms with Gasteiger partial charge in [-0.2, -0.15) is 0 Å². The molecule has 0 radical (unpaired) electrons. The van der Waals surface area contributed by atoms with Gasteiger partial charge in [-0.25, -0.2) is 4.39 Å². The van der Waals surface area contributed by atoms with Gasteiger partial charge in [0.2, 0.25) is 5.91 Å². The fraction of sp³-hybridized carbons (Fsp3) is 0.385. The minimum atomic E-state index is -0.646. The number of halogens is 2. The summed E-state index contributed by atoms with van der Waals surface area (Å²) in [6.45, 7) is 0.424. The fourth-order valence-corrected chi connectivity index (χ4v) is 2.83. The first-order valence-electron chi connectivity index (χ1n) is 6.06. The van der Waals surface area contributed by atoms with Crippen molar-refractivity contribution in [1.82, 2.24) is 4.90 Å². The summed E-state index contributed by atoms with van der Waals surface area (Å²) in [5.41, 5.74) is 5.27. The molecule has 1 heterocycles. The van der Waals surface area contributed by atoms with Crippen LogP contribution in [-0.4, -0.2) is 29.3 Å². The van der Waals surface area contributed by atoms with Crippen molar-refractivity contribution in [1.29, 1.82) is 0 Å². The number of benzene rings is 1. The minimum absolute atomic E-state index is 0.0457. The Morgan fingerprint density at radius 3 is 2.74 bits per heavy atom. The smallest absolute Gasteiger partial charge is 0.258 e. The first-order chi connectivity index (χ1) is 9.02. The highest BCUT2D eigenvalue weighted by Crippen LogP contribution is 2.25. The van der Waals surface area contributed by atoms with E-state index >= 15 is 0 Å². The average Bonchev–Trinajstić information content (AvgIpc) is 2.38. The first kappa shape index (κ1) is 14.0. The van der Waals surface area contributed by atoms with E-state index in [0.717, 1.165) is 12.8 Å². The number of hydrogen-bond acceptors (Lipinski definition) is 2. The second-order valence-electron chi connectivity index (χ2n) is 4.51. The van der Waals surface area contributed by atoms with E-state index in [1.807, 2.05) is 0 Å². The highest BCUT2D eigenvalue weighted by atomic mass is 79.9. The van der Waals surface area contributed by atoms with Gasteiger partial charge in [-0.3, -0.25) is 9.59 Å². The molecule has 4 nitrogen and oxygen atoms in total. The van der Waals surface area contributed by atoms with Crippen LogP contribution in [0.1, 0.15) is 29.6 Å². The van der Waals surface area contributed by atoms with Gasteiger partial charge < -0.3 is 10.6 Å². The van der Waals surface area contributed by atoms with Crippen LogP contribution in [0.2, 0.25) is 0 Å². The van der Waals surface area contributed by atoms with E-state index in [9.17, 15) is 14.0 Å². The second kappa shape index (κ2) is 5.69. The number of amides is 2. The highest BCUT2D eigenvalue weighted by Gasteiger charge is 2.33. The van der Waals surface area contributed by atoms with E-state index in [1.54, 1.807) is 6.07 Å². The quantitative estimate of drug-likeness (QED) is 0.903. The van der Waals surface area contributed by atoms with Gasteiger partial charge in [-0.1, -0.05) is 6.07 Å². The van der Waals surface area contributed by atoms with Crippen molar-refractivity contribution in [2.45, 2.75) is 25.3 Å². The summed E-state index contributed by atoms with van der Waals surface area (Å²) < 4.78 is 14.2. The lowest BCUT2D eigenvalue weighted by molar-refractivity contribution is -0.123. The molecule has 19 heavy (non-hydrogen) atoms. The van der Waals surface area contributed by atoms with Crippen LogP contribution in [0.4, 0.5) is 4.39 Å². The molecule has 2 rings (SSSR count). The Morgan fingerprint density at radius 1 is 1.37 bits per heavy atom. The molecular weight excluding hydrogens is 315 g/mol. The van der Waals surface area contributed by atoms with Crippen molar-refractivity contribution in [2.75, 3.05) is 6.54 Å². The number of primary amides is 1. The molecule has 0 aromatic heterocycles. The van der Waals surface area contributed by atoms with E-state index in [1.165, 1.54) is 17.0 Å². The van der Waals surface area contributed by atoms with Crippen LogP contribution in [0.5, 0.6) is 0 Å². The van der Waals surface area contributed by atoms with E-state index in [4.69, 9.17) is 5.73 Å². The van der Waals surface area contributed by atoms with Gasteiger partial charge in [0, 0.05) is 11.0 Å². The molecular formula is C13H14BrFN2O2. The van der Waals surface area contributed by atoms with Crippen LogP contribution in [0.15, 0.2) is 22.7 Å². The number of nitrogens with zero attached hydrogens (tertiary/aromatic N) is 1. The topological polar surface area (TPSA) is 63.4 Å². The Morgan fingerprint density at radius 2 is 2.11 bits per heavy atom. The zero-order valence-corrected chi connectivity index (χ0v) is 11.8. The summed E-state index contributed by atoms with van der Waals surface area (Å²) in [5.74, 6) is -1.64. The summed E-state index contributed by atoms with van der Waals surface area (Å²) in [5, 5.41) is 0. The lowest BCUT2D eigenvalue weighted by Gasteiger charge is -2.34. The third-order valence-electron chi connectivity index (χ3n) is 3.27. The van der Waals surface area contributed by atoms with Crippen molar-refractivity contribution in [2.24, 2.45) is 5.73 Å². The SMILES string of the molecule is NC(=O)C1CCCCN1C(=O)c1c(F)cccc1Br. The molecule has 2 amide bonds. The van der Waals surface area contributed by atoms with Crippen LogP contribution < -0.4 is 5.73 Å². The summed E-state index contributed by atoms with van der Waals surface area (Å²) in [6.07, 6.45) is 2.17. The van der Waals surface area contributed by atoms with Crippen molar-refractivity contribution in [3.05, 3.63) is 34.1 Å². The normalized spacial score (nSPS) is 19.3. The molecule has 1 saturated heterocycles. The van der Waals surface area contributed by atoms with E-state index in [-0.39, 0.29) is 5.56 Å². The van der Waals surface area contributed by atoms with Gasteiger partial charge in [0.1, 0.15) is 11.9 Å². The molecule has 102 valence electrons. The zero-order chi connectivity index (χ0) is 14.0. The molecule has 2 N–H and O–H groups in total. The number of hydrogen-bond donors (Lipinski definition) is 1. The molecule has 0 bridgehead atoms. The number of carbonyl (C=O) groups is 2. The summed E-state index contributed by atoms with van der Waals surface area (Å²) in [7, 11) is 0. The molecule has 0 saturated carbocycles. The molecule has 0 aliphatic carbocycles. The molecule has 6 heteroatoms. The lowest BCUT2D eigenvalue weighted by Crippen LogP contribution is -2.50. The fourth-order valence-electron chi connectivity index (χ4n) is 2.32. The lowest BCUT2D eigenvalue weighted by atomic mass is 10.00. The predicted molar refractivity (Wildman–Crippen MR) is 72.0 cm³/mol. The van der Waals surface area contributed by atoms with E-state index in [2.05, 4.69) is 15.9 Å². The maximum Gasteiger partial charge on any atom is 0.258 e. The Labute approximate surface area is 118 Å². The third-order valence-corrected chi connectivity index (χ3v) is 3.93. The molecule has 1 aliphatic rings. The van der Waals surface area contributed by atoms with Gasteiger partial charge in [-0.15, -0.1) is 0 Å². The van der Waals surface area contributed by atoms with Gasteiger partial charge in [0.05, 0.1) is 5.56 Å². The summed E-state index contributed by atoms with van der Waals surface area (Å²) >= 11 is 3.17. The molecule has 1 atom stereocenters. The van der Waals surface area contributed by atoms with Gasteiger partial charge >= 0.3 is 0 Å². The molecule has 1 aliphatic heterocycles. The largest absolute Gasteiger partial charge is 0.368 e.